The lowest BCUT2D eigenvalue weighted by Gasteiger charge is -2.21. The van der Waals surface area contributed by atoms with Crippen LogP contribution >= 0.6 is 11.6 Å². The van der Waals surface area contributed by atoms with Crippen LogP contribution in [0.4, 0.5) is 0 Å². The molecule has 1 heterocycles. The SMILES string of the molecule is O=C1/C=C/CCC2CC2CC(c2ccccc2)OC(=O)c2c(O)cc(O)c(Cl)c2C1. The van der Waals surface area contributed by atoms with Crippen LogP contribution in [0.5, 0.6) is 11.5 Å². The summed E-state index contributed by atoms with van der Waals surface area (Å²) in [6.07, 6.45) is 6.19. The molecule has 0 saturated heterocycles. The number of carbonyl (C=O) groups is 2. The van der Waals surface area contributed by atoms with Gasteiger partial charge in [-0.1, -0.05) is 48.0 Å². The molecule has 30 heavy (non-hydrogen) atoms. The van der Waals surface area contributed by atoms with Crippen LogP contribution in [0.3, 0.4) is 0 Å². The first-order valence-electron chi connectivity index (χ1n) is 10.1. The molecule has 2 aliphatic rings. The van der Waals surface area contributed by atoms with Gasteiger partial charge in [0.25, 0.3) is 0 Å². The Morgan fingerprint density at radius 1 is 1.00 bits per heavy atom. The first kappa shape index (κ1) is 20.5. The van der Waals surface area contributed by atoms with E-state index in [4.69, 9.17) is 16.3 Å². The summed E-state index contributed by atoms with van der Waals surface area (Å²) in [5.74, 6) is -0.864. The molecular weight excluding hydrogens is 404 g/mol. The lowest BCUT2D eigenvalue weighted by molar-refractivity contribution is -0.114. The van der Waals surface area contributed by atoms with Crippen molar-refractivity contribution in [3.05, 3.63) is 70.3 Å². The maximum atomic E-state index is 13.1. The predicted octanol–water partition coefficient (Wildman–Crippen LogP) is 5.14. The molecule has 3 unspecified atom stereocenters. The van der Waals surface area contributed by atoms with Gasteiger partial charge in [0.15, 0.2) is 5.78 Å². The number of allylic oxidation sites excluding steroid dienone is 2. The average Bonchev–Trinajstić information content (AvgIpc) is 3.46. The molecule has 1 fully saturated rings. The fourth-order valence-corrected chi connectivity index (χ4v) is 4.39. The number of phenols is 2. The third kappa shape index (κ3) is 4.36. The van der Waals surface area contributed by atoms with Gasteiger partial charge in [-0.05, 0) is 49.2 Å². The second-order valence-corrected chi connectivity index (χ2v) is 8.38. The van der Waals surface area contributed by atoms with Crippen LogP contribution in [0.15, 0.2) is 48.6 Å². The van der Waals surface area contributed by atoms with Crippen molar-refractivity contribution >= 4 is 23.4 Å². The van der Waals surface area contributed by atoms with Crippen molar-refractivity contribution in [1.29, 1.82) is 0 Å². The van der Waals surface area contributed by atoms with Crippen molar-refractivity contribution in [3.63, 3.8) is 0 Å². The zero-order valence-electron chi connectivity index (χ0n) is 16.4. The number of benzene rings is 2. The van der Waals surface area contributed by atoms with Crippen LogP contribution in [0.25, 0.3) is 0 Å². The van der Waals surface area contributed by atoms with Gasteiger partial charge >= 0.3 is 5.97 Å². The number of carbonyl (C=O) groups excluding carboxylic acids is 2. The van der Waals surface area contributed by atoms with Gasteiger partial charge < -0.3 is 14.9 Å². The normalized spacial score (nSPS) is 25.4. The minimum Gasteiger partial charge on any atom is -0.507 e. The fourth-order valence-electron chi connectivity index (χ4n) is 4.17. The van der Waals surface area contributed by atoms with E-state index in [2.05, 4.69) is 0 Å². The number of aromatic hydroxyl groups is 2. The molecule has 2 aromatic rings. The van der Waals surface area contributed by atoms with E-state index in [0.717, 1.165) is 30.9 Å². The molecule has 1 saturated carbocycles. The molecule has 0 bridgehead atoms. The molecule has 6 heteroatoms. The fraction of sp³-hybridized carbons (Fsp3) is 0.333. The van der Waals surface area contributed by atoms with Gasteiger partial charge in [0, 0.05) is 18.1 Å². The van der Waals surface area contributed by atoms with E-state index in [1.807, 2.05) is 36.4 Å². The van der Waals surface area contributed by atoms with Crippen LogP contribution in [0, 0.1) is 11.8 Å². The topological polar surface area (TPSA) is 83.8 Å². The Hall–Kier alpha value is -2.79. The van der Waals surface area contributed by atoms with Gasteiger partial charge in [-0.2, -0.15) is 0 Å². The van der Waals surface area contributed by atoms with E-state index in [9.17, 15) is 19.8 Å². The summed E-state index contributed by atoms with van der Waals surface area (Å²) >= 11 is 6.20. The molecule has 156 valence electrons. The van der Waals surface area contributed by atoms with Crippen molar-refractivity contribution in [2.75, 3.05) is 0 Å². The van der Waals surface area contributed by atoms with E-state index in [-0.39, 0.29) is 34.1 Å². The molecular formula is C24H23ClO5. The second-order valence-electron chi connectivity index (χ2n) is 8.00. The van der Waals surface area contributed by atoms with Crippen LogP contribution in [-0.4, -0.2) is 22.0 Å². The largest absolute Gasteiger partial charge is 0.507 e. The minimum atomic E-state index is -0.760. The van der Waals surface area contributed by atoms with Crippen LogP contribution < -0.4 is 0 Å². The summed E-state index contributed by atoms with van der Waals surface area (Å²) in [6, 6.07) is 10.5. The van der Waals surface area contributed by atoms with Crippen LogP contribution in [0.1, 0.15) is 53.3 Å². The monoisotopic (exact) mass is 426 g/mol. The maximum Gasteiger partial charge on any atom is 0.342 e. The highest BCUT2D eigenvalue weighted by Gasteiger charge is 2.39. The van der Waals surface area contributed by atoms with E-state index in [0.29, 0.717) is 18.3 Å². The quantitative estimate of drug-likeness (QED) is 0.617. The molecule has 4 rings (SSSR count). The second kappa shape index (κ2) is 8.52. The molecule has 1 aliphatic heterocycles. The van der Waals surface area contributed by atoms with Gasteiger partial charge in [-0.3, -0.25) is 4.79 Å². The van der Waals surface area contributed by atoms with E-state index < -0.39 is 17.8 Å². The standard InChI is InChI=1S/C24H23ClO5/c25-23-18-12-17(26)9-5-4-8-15-10-16(15)11-21(14-6-2-1-3-7-14)30-24(29)22(18)19(27)13-20(23)28/h1-3,5-7,9,13,15-16,21,27-28H,4,8,10-12H2/b9-5+. The van der Waals surface area contributed by atoms with Crippen molar-refractivity contribution in [3.8, 4) is 11.5 Å². The highest BCUT2D eigenvalue weighted by molar-refractivity contribution is 6.33. The zero-order chi connectivity index (χ0) is 21.3. The smallest absolute Gasteiger partial charge is 0.342 e. The molecule has 0 aromatic heterocycles. The highest BCUT2D eigenvalue weighted by Crippen LogP contribution is 2.48. The number of cyclic esters (lactones) is 1. The third-order valence-electron chi connectivity index (χ3n) is 5.89. The van der Waals surface area contributed by atoms with Crippen molar-refractivity contribution in [2.45, 2.75) is 38.2 Å². The van der Waals surface area contributed by atoms with Crippen molar-refractivity contribution < 1.29 is 24.5 Å². The van der Waals surface area contributed by atoms with E-state index in [1.165, 1.54) is 6.08 Å². The van der Waals surface area contributed by atoms with Gasteiger partial charge in [0.2, 0.25) is 0 Å². The Kier molecular flexibility index (Phi) is 5.82. The number of fused-ring (bicyclic) bond motifs is 2. The lowest BCUT2D eigenvalue weighted by atomic mass is 9.98. The molecule has 2 aromatic carbocycles. The molecule has 3 atom stereocenters. The maximum absolute atomic E-state index is 13.1. The van der Waals surface area contributed by atoms with Crippen molar-refractivity contribution in [2.24, 2.45) is 11.8 Å². The van der Waals surface area contributed by atoms with Crippen molar-refractivity contribution in [1.82, 2.24) is 0 Å². The van der Waals surface area contributed by atoms with E-state index >= 15 is 0 Å². The zero-order valence-corrected chi connectivity index (χ0v) is 17.1. The summed E-state index contributed by atoms with van der Waals surface area (Å²) in [5, 5.41) is 20.3. The summed E-state index contributed by atoms with van der Waals surface area (Å²) in [6.45, 7) is 0. The van der Waals surface area contributed by atoms with Gasteiger partial charge in [0.1, 0.15) is 23.2 Å². The lowest BCUT2D eigenvalue weighted by Crippen LogP contribution is -2.16. The summed E-state index contributed by atoms with van der Waals surface area (Å²) in [7, 11) is 0. The molecule has 5 nitrogen and oxygen atoms in total. The number of halogens is 1. The first-order valence-corrected chi connectivity index (χ1v) is 10.5. The molecule has 0 spiro atoms. The Morgan fingerprint density at radius 2 is 1.77 bits per heavy atom. The van der Waals surface area contributed by atoms with Gasteiger partial charge in [-0.15, -0.1) is 0 Å². The molecule has 1 aliphatic carbocycles. The number of ketones is 1. The number of phenolic OH excluding ortho intramolecular Hbond substituents is 2. The number of ether oxygens (including phenoxy) is 1. The Labute approximate surface area is 179 Å². The summed E-state index contributed by atoms with van der Waals surface area (Å²) in [4.78, 5) is 25.5. The predicted molar refractivity (Wildman–Crippen MR) is 113 cm³/mol. The Bertz CT molecular complexity index is 998. The van der Waals surface area contributed by atoms with Crippen LogP contribution in [-0.2, 0) is 16.0 Å². The average molecular weight is 427 g/mol. The summed E-state index contributed by atoms with van der Waals surface area (Å²) in [5.41, 5.74) is 0.775. The molecule has 0 amide bonds. The first-order chi connectivity index (χ1) is 14.4. The molecule has 2 N–H and O–H groups in total. The third-order valence-corrected chi connectivity index (χ3v) is 6.31. The number of hydrogen-bond donors (Lipinski definition) is 2. The minimum absolute atomic E-state index is 0.0713. The molecule has 0 radical (unpaired) electrons. The number of esters is 1. The summed E-state index contributed by atoms with van der Waals surface area (Å²) < 4.78 is 5.85. The van der Waals surface area contributed by atoms with Gasteiger partial charge in [-0.25, -0.2) is 4.79 Å². The van der Waals surface area contributed by atoms with E-state index in [1.54, 1.807) is 0 Å². The van der Waals surface area contributed by atoms with Crippen LogP contribution in [0.2, 0.25) is 5.02 Å². The number of rotatable bonds is 1. The highest BCUT2D eigenvalue weighted by atomic mass is 35.5. The Balaban J connectivity index is 1.75. The Morgan fingerprint density at radius 3 is 2.53 bits per heavy atom. The number of hydrogen-bond acceptors (Lipinski definition) is 5. The van der Waals surface area contributed by atoms with Gasteiger partial charge in [0.05, 0.1) is 5.02 Å².